The van der Waals surface area contributed by atoms with Crippen LogP contribution in [0.2, 0.25) is 0 Å². The molecule has 2 aromatic rings. The summed E-state index contributed by atoms with van der Waals surface area (Å²) in [5.74, 6) is 2.31. The number of carbonyl (C=O) groups excluding carboxylic acids is 1. The van der Waals surface area contributed by atoms with Gasteiger partial charge in [0.05, 0.1) is 0 Å². The predicted molar refractivity (Wildman–Crippen MR) is 101 cm³/mol. The fourth-order valence-corrected chi connectivity index (χ4v) is 3.34. The Bertz CT molecular complexity index is 733. The fraction of sp³-hybridized carbons (Fsp3) is 0.476. The number of hydrogen-bond acceptors (Lipinski definition) is 4. The number of rotatable bonds is 7. The van der Waals surface area contributed by atoms with E-state index in [0.717, 1.165) is 30.8 Å². The van der Waals surface area contributed by atoms with Gasteiger partial charge in [-0.15, -0.1) is 0 Å². The van der Waals surface area contributed by atoms with Gasteiger partial charge in [-0.3, -0.25) is 4.79 Å². The van der Waals surface area contributed by atoms with E-state index >= 15 is 0 Å². The molecular formula is C21H28N2O3. The molecule has 2 N–H and O–H groups in total. The Hall–Kier alpha value is -2.27. The second kappa shape index (κ2) is 8.90. The SMILES string of the molecule is Cc1ccc(OCc2ccc(C(=O)NCCC3CCCNC3)o2)c(C)c1. The quantitative estimate of drug-likeness (QED) is 0.796. The number of amides is 1. The molecule has 1 amide bonds. The van der Waals surface area contributed by atoms with E-state index in [-0.39, 0.29) is 5.91 Å². The molecule has 1 aliphatic heterocycles. The third-order valence-corrected chi connectivity index (χ3v) is 4.82. The van der Waals surface area contributed by atoms with Crippen molar-refractivity contribution in [2.45, 2.75) is 39.7 Å². The third kappa shape index (κ3) is 5.11. The lowest BCUT2D eigenvalue weighted by Gasteiger charge is -2.22. The molecule has 26 heavy (non-hydrogen) atoms. The van der Waals surface area contributed by atoms with Gasteiger partial charge in [-0.25, -0.2) is 0 Å². The highest BCUT2D eigenvalue weighted by atomic mass is 16.5. The third-order valence-electron chi connectivity index (χ3n) is 4.82. The molecule has 0 saturated carbocycles. The first kappa shape index (κ1) is 18.5. The molecule has 1 unspecified atom stereocenters. The molecule has 5 heteroatoms. The molecular weight excluding hydrogens is 328 g/mol. The Labute approximate surface area is 155 Å². The molecule has 0 bridgehead atoms. The smallest absolute Gasteiger partial charge is 0.286 e. The van der Waals surface area contributed by atoms with Gasteiger partial charge in [0.2, 0.25) is 0 Å². The van der Waals surface area contributed by atoms with Crippen molar-refractivity contribution < 1.29 is 13.9 Å². The van der Waals surface area contributed by atoms with Crippen molar-refractivity contribution in [3.05, 3.63) is 53.0 Å². The van der Waals surface area contributed by atoms with E-state index in [1.807, 2.05) is 19.1 Å². The van der Waals surface area contributed by atoms with Gasteiger partial charge in [-0.05, 0) is 75.9 Å². The molecule has 5 nitrogen and oxygen atoms in total. The molecule has 3 rings (SSSR count). The molecule has 0 spiro atoms. The predicted octanol–water partition coefficient (Wildman–Crippen LogP) is 3.59. The van der Waals surface area contributed by atoms with Gasteiger partial charge in [-0.1, -0.05) is 17.7 Å². The van der Waals surface area contributed by atoms with Crippen LogP contribution >= 0.6 is 0 Å². The number of piperidine rings is 1. The molecule has 1 atom stereocenters. The fourth-order valence-electron chi connectivity index (χ4n) is 3.34. The lowest BCUT2D eigenvalue weighted by Crippen LogP contribution is -2.33. The highest BCUT2D eigenvalue weighted by Crippen LogP contribution is 2.20. The summed E-state index contributed by atoms with van der Waals surface area (Å²) in [6, 6.07) is 9.56. The minimum atomic E-state index is -0.161. The summed E-state index contributed by atoms with van der Waals surface area (Å²) in [5.41, 5.74) is 2.29. The van der Waals surface area contributed by atoms with Crippen LogP contribution in [0.5, 0.6) is 5.75 Å². The zero-order valence-electron chi connectivity index (χ0n) is 15.6. The summed E-state index contributed by atoms with van der Waals surface area (Å²) in [6.07, 6.45) is 3.46. The van der Waals surface area contributed by atoms with Crippen LogP contribution in [0.25, 0.3) is 0 Å². The summed E-state index contributed by atoms with van der Waals surface area (Å²) >= 11 is 0. The lowest BCUT2D eigenvalue weighted by molar-refractivity contribution is 0.0919. The topological polar surface area (TPSA) is 63.5 Å². The van der Waals surface area contributed by atoms with E-state index in [2.05, 4.69) is 23.6 Å². The maximum absolute atomic E-state index is 12.2. The van der Waals surface area contributed by atoms with Crippen molar-refractivity contribution in [3.8, 4) is 5.75 Å². The maximum Gasteiger partial charge on any atom is 0.286 e. The Balaban J connectivity index is 1.45. The van der Waals surface area contributed by atoms with Gasteiger partial charge in [0.25, 0.3) is 5.91 Å². The summed E-state index contributed by atoms with van der Waals surface area (Å²) in [4.78, 5) is 12.2. The Morgan fingerprint density at radius 1 is 1.31 bits per heavy atom. The molecule has 0 radical (unpaired) electrons. The molecule has 140 valence electrons. The van der Waals surface area contributed by atoms with Gasteiger partial charge >= 0.3 is 0 Å². The largest absolute Gasteiger partial charge is 0.485 e. The van der Waals surface area contributed by atoms with Crippen LogP contribution < -0.4 is 15.4 Å². The summed E-state index contributed by atoms with van der Waals surface area (Å²) in [5, 5.41) is 6.34. The highest BCUT2D eigenvalue weighted by Gasteiger charge is 2.15. The van der Waals surface area contributed by atoms with Crippen molar-refractivity contribution >= 4 is 5.91 Å². The minimum Gasteiger partial charge on any atom is -0.485 e. The van der Waals surface area contributed by atoms with Crippen LogP contribution in [0.1, 0.15) is 46.7 Å². The van der Waals surface area contributed by atoms with Crippen molar-refractivity contribution in [2.75, 3.05) is 19.6 Å². The van der Waals surface area contributed by atoms with Gasteiger partial charge < -0.3 is 19.8 Å². The van der Waals surface area contributed by atoms with E-state index in [1.165, 1.54) is 18.4 Å². The molecule has 1 aromatic carbocycles. The van der Waals surface area contributed by atoms with Gasteiger partial charge in [-0.2, -0.15) is 0 Å². The lowest BCUT2D eigenvalue weighted by atomic mass is 9.96. The van der Waals surface area contributed by atoms with E-state index < -0.39 is 0 Å². The van der Waals surface area contributed by atoms with Crippen LogP contribution in [0.3, 0.4) is 0 Å². The number of carbonyl (C=O) groups is 1. The Kier molecular flexibility index (Phi) is 6.34. The molecule has 0 aliphatic carbocycles. The van der Waals surface area contributed by atoms with Gasteiger partial charge in [0, 0.05) is 6.54 Å². The van der Waals surface area contributed by atoms with Crippen LogP contribution in [-0.4, -0.2) is 25.5 Å². The average Bonchev–Trinajstić information content (AvgIpc) is 3.11. The van der Waals surface area contributed by atoms with Crippen LogP contribution in [0, 0.1) is 19.8 Å². The first-order valence-corrected chi connectivity index (χ1v) is 9.39. The standard InChI is InChI=1S/C21H28N2O3/c1-15-5-7-19(16(2)12-15)25-14-18-6-8-20(26-18)21(24)23-11-9-17-4-3-10-22-13-17/h5-8,12,17,22H,3-4,9-11,13-14H2,1-2H3,(H,23,24). The maximum atomic E-state index is 12.2. The monoisotopic (exact) mass is 356 g/mol. The Morgan fingerprint density at radius 3 is 2.96 bits per heavy atom. The van der Waals surface area contributed by atoms with Crippen LogP contribution in [0.15, 0.2) is 34.7 Å². The van der Waals surface area contributed by atoms with Crippen molar-refractivity contribution in [3.63, 3.8) is 0 Å². The first-order chi connectivity index (χ1) is 12.6. The molecule has 2 heterocycles. The molecule has 1 aliphatic rings. The van der Waals surface area contributed by atoms with Gasteiger partial charge in [0.1, 0.15) is 18.1 Å². The highest BCUT2D eigenvalue weighted by molar-refractivity contribution is 5.91. The van der Waals surface area contributed by atoms with Crippen molar-refractivity contribution in [2.24, 2.45) is 5.92 Å². The number of hydrogen-bond donors (Lipinski definition) is 2. The van der Waals surface area contributed by atoms with Crippen LogP contribution in [0.4, 0.5) is 0 Å². The first-order valence-electron chi connectivity index (χ1n) is 9.39. The summed E-state index contributed by atoms with van der Waals surface area (Å²) in [6.45, 7) is 7.23. The van der Waals surface area contributed by atoms with Crippen molar-refractivity contribution in [1.82, 2.24) is 10.6 Å². The summed E-state index contributed by atoms with van der Waals surface area (Å²) in [7, 11) is 0. The molecule has 1 aromatic heterocycles. The van der Waals surface area contributed by atoms with E-state index in [4.69, 9.17) is 9.15 Å². The minimum absolute atomic E-state index is 0.161. The van der Waals surface area contributed by atoms with Crippen LogP contribution in [-0.2, 0) is 6.61 Å². The number of furan rings is 1. The zero-order chi connectivity index (χ0) is 18.4. The normalized spacial score (nSPS) is 17.1. The summed E-state index contributed by atoms with van der Waals surface area (Å²) < 4.78 is 11.4. The zero-order valence-corrected chi connectivity index (χ0v) is 15.6. The second-order valence-electron chi connectivity index (χ2n) is 7.08. The van der Waals surface area contributed by atoms with Gasteiger partial charge in [0.15, 0.2) is 5.76 Å². The molecule has 1 saturated heterocycles. The number of nitrogens with one attached hydrogen (secondary N) is 2. The average molecular weight is 356 g/mol. The van der Waals surface area contributed by atoms with E-state index in [1.54, 1.807) is 12.1 Å². The number of ether oxygens (including phenoxy) is 1. The second-order valence-corrected chi connectivity index (χ2v) is 7.08. The van der Waals surface area contributed by atoms with E-state index in [0.29, 0.717) is 30.6 Å². The number of benzene rings is 1. The number of aryl methyl sites for hydroxylation is 2. The Morgan fingerprint density at radius 2 is 2.19 bits per heavy atom. The van der Waals surface area contributed by atoms with E-state index in [9.17, 15) is 4.79 Å². The molecule has 1 fully saturated rings. The van der Waals surface area contributed by atoms with Crippen molar-refractivity contribution in [1.29, 1.82) is 0 Å².